The minimum atomic E-state index is -0.702. The van der Waals surface area contributed by atoms with E-state index < -0.39 is 6.10 Å². The van der Waals surface area contributed by atoms with Crippen LogP contribution in [0.2, 0.25) is 0 Å². The van der Waals surface area contributed by atoms with Gasteiger partial charge in [0.2, 0.25) is 6.10 Å². The largest absolute Gasteiger partial charge is 0.382 e. The van der Waals surface area contributed by atoms with Crippen LogP contribution in [0.15, 0.2) is 59.9 Å². The normalized spacial score (nSPS) is 15.7. The number of rotatable bonds is 6. The van der Waals surface area contributed by atoms with Gasteiger partial charge in [-0.25, -0.2) is 8.78 Å². The fraction of sp³-hybridized carbons (Fsp3) is 0.190. The van der Waals surface area contributed by atoms with Gasteiger partial charge in [-0.05, 0) is 42.0 Å². The van der Waals surface area contributed by atoms with Crippen LogP contribution in [0, 0.1) is 11.6 Å². The summed E-state index contributed by atoms with van der Waals surface area (Å²) in [5, 5.41) is 13.7. The molecular formula is C21H18F2N4O2. The van der Waals surface area contributed by atoms with E-state index >= 15 is 0 Å². The number of carbonyl (C=O) groups is 1. The number of amides is 1. The van der Waals surface area contributed by atoms with Gasteiger partial charge in [-0.3, -0.25) is 9.89 Å². The third-order valence-electron chi connectivity index (χ3n) is 4.65. The summed E-state index contributed by atoms with van der Waals surface area (Å²) in [5.74, 6) is -0.901. The minimum Gasteiger partial charge on any atom is -0.382 e. The number of aromatic amines is 1. The van der Waals surface area contributed by atoms with Crippen molar-refractivity contribution >= 4 is 11.6 Å². The molecule has 8 heteroatoms. The topological polar surface area (TPSA) is 79.4 Å². The molecule has 0 fully saturated rings. The summed E-state index contributed by atoms with van der Waals surface area (Å²) < 4.78 is 26.1. The molecule has 1 aliphatic heterocycles. The molecule has 0 bridgehead atoms. The lowest BCUT2D eigenvalue weighted by atomic mass is 10.0. The quantitative estimate of drug-likeness (QED) is 0.671. The van der Waals surface area contributed by atoms with Gasteiger partial charge in [-0.15, -0.1) is 0 Å². The SMILES string of the molecule is O=C(NCc1cn[nH]c1-c1ccc(F)cc1)[C@H]1CC(Cc2ccc(F)cc2)=NO1. The number of carbonyl (C=O) groups excluding carboxylic acids is 1. The van der Waals surface area contributed by atoms with Gasteiger partial charge in [0.1, 0.15) is 11.6 Å². The molecule has 1 atom stereocenters. The lowest BCUT2D eigenvalue weighted by molar-refractivity contribution is -0.131. The third kappa shape index (κ3) is 4.48. The molecule has 29 heavy (non-hydrogen) atoms. The number of benzene rings is 2. The van der Waals surface area contributed by atoms with Crippen molar-refractivity contribution < 1.29 is 18.4 Å². The van der Waals surface area contributed by atoms with E-state index in [9.17, 15) is 13.6 Å². The molecule has 148 valence electrons. The summed E-state index contributed by atoms with van der Waals surface area (Å²) in [4.78, 5) is 17.7. The summed E-state index contributed by atoms with van der Waals surface area (Å²) in [7, 11) is 0. The molecule has 2 N–H and O–H groups in total. The maximum absolute atomic E-state index is 13.1. The van der Waals surface area contributed by atoms with E-state index in [1.807, 2.05) is 0 Å². The molecule has 6 nitrogen and oxygen atoms in total. The highest BCUT2D eigenvalue weighted by molar-refractivity contribution is 5.94. The summed E-state index contributed by atoms with van der Waals surface area (Å²) >= 11 is 0. The van der Waals surface area contributed by atoms with Crippen LogP contribution in [-0.2, 0) is 22.6 Å². The van der Waals surface area contributed by atoms with Crippen LogP contribution >= 0.6 is 0 Å². The molecule has 1 aromatic heterocycles. The number of aromatic nitrogens is 2. The molecule has 0 aliphatic carbocycles. The number of nitrogens with one attached hydrogen (secondary N) is 2. The maximum Gasteiger partial charge on any atom is 0.264 e. The first-order valence-electron chi connectivity index (χ1n) is 9.10. The van der Waals surface area contributed by atoms with Gasteiger partial charge in [0.15, 0.2) is 0 Å². The number of hydrogen-bond donors (Lipinski definition) is 2. The molecule has 2 heterocycles. The zero-order valence-electron chi connectivity index (χ0n) is 15.4. The van der Waals surface area contributed by atoms with Crippen LogP contribution < -0.4 is 5.32 Å². The van der Waals surface area contributed by atoms with Gasteiger partial charge < -0.3 is 10.2 Å². The van der Waals surface area contributed by atoms with Crippen molar-refractivity contribution in [1.82, 2.24) is 15.5 Å². The van der Waals surface area contributed by atoms with Crippen LogP contribution in [0.1, 0.15) is 17.5 Å². The first kappa shape index (κ1) is 18.8. The van der Waals surface area contributed by atoms with Crippen LogP contribution in [0.4, 0.5) is 8.78 Å². The third-order valence-corrected chi connectivity index (χ3v) is 4.65. The van der Waals surface area contributed by atoms with Crippen LogP contribution in [0.25, 0.3) is 11.3 Å². The minimum absolute atomic E-state index is 0.245. The van der Waals surface area contributed by atoms with Crippen molar-refractivity contribution in [3.8, 4) is 11.3 Å². The second-order valence-corrected chi connectivity index (χ2v) is 6.75. The number of hydrogen-bond acceptors (Lipinski definition) is 4. The van der Waals surface area contributed by atoms with Crippen LogP contribution in [-0.4, -0.2) is 27.9 Å². The maximum atomic E-state index is 13.1. The Morgan fingerprint density at radius 2 is 1.79 bits per heavy atom. The average Bonchev–Trinajstić information content (AvgIpc) is 3.38. The molecule has 0 radical (unpaired) electrons. The van der Waals surface area contributed by atoms with Crippen LogP contribution in [0.5, 0.6) is 0 Å². The Bertz CT molecular complexity index is 1030. The summed E-state index contributed by atoms with van der Waals surface area (Å²) in [5.41, 5.74) is 3.89. The van der Waals surface area contributed by atoms with Crippen molar-refractivity contribution in [3.63, 3.8) is 0 Å². The fourth-order valence-electron chi connectivity index (χ4n) is 3.12. The van der Waals surface area contributed by atoms with Crippen molar-refractivity contribution in [2.45, 2.75) is 25.5 Å². The predicted molar refractivity (Wildman–Crippen MR) is 103 cm³/mol. The van der Waals surface area contributed by atoms with Crippen molar-refractivity contribution in [3.05, 3.63) is 77.5 Å². The molecular weight excluding hydrogens is 378 g/mol. The molecule has 1 amide bonds. The Kier molecular flexibility index (Phi) is 5.33. The van der Waals surface area contributed by atoms with Gasteiger partial charge in [-0.2, -0.15) is 5.10 Å². The van der Waals surface area contributed by atoms with Crippen LogP contribution in [0.3, 0.4) is 0 Å². The summed E-state index contributed by atoms with van der Waals surface area (Å²) in [6.07, 6.45) is 1.79. The van der Waals surface area contributed by atoms with E-state index in [0.29, 0.717) is 18.5 Å². The lowest BCUT2D eigenvalue weighted by Crippen LogP contribution is -2.34. The smallest absolute Gasteiger partial charge is 0.264 e. The number of nitrogens with zero attached hydrogens (tertiary/aromatic N) is 2. The van der Waals surface area contributed by atoms with Crippen molar-refractivity contribution in [2.24, 2.45) is 5.16 Å². The molecule has 0 saturated carbocycles. The second-order valence-electron chi connectivity index (χ2n) is 6.75. The zero-order chi connectivity index (χ0) is 20.2. The van der Waals surface area contributed by atoms with Gasteiger partial charge in [0.25, 0.3) is 5.91 Å². The summed E-state index contributed by atoms with van der Waals surface area (Å²) in [6.45, 7) is 0.245. The average molecular weight is 396 g/mol. The predicted octanol–water partition coefficient (Wildman–Crippen LogP) is 3.36. The van der Waals surface area contributed by atoms with Crippen molar-refractivity contribution in [2.75, 3.05) is 0 Å². The van der Waals surface area contributed by atoms with Gasteiger partial charge >= 0.3 is 0 Å². The van der Waals surface area contributed by atoms with E-state index in [2.05, 4.69) is 20.7 Å². The first-order chi connectivity index (χ1) is 14.1. The molecule has 3 aromatic rings. The van der Waals surface area contributed by atoms with Gasteiger partial charge in [-0.1, -0.05) is 17.3 Å². The van der Waals surface area contributed by atoms with Gasteiger partial charge in [0.05, 0.1) is 17.6 Å². The Morgan fingerprint density at radius 3 is 2.52 bits per heavy atom. The molecule has 4 rings (SSSR count). The van der Waals surface area contributed by atoms with Gasteiger partial charge in [0, 0.05) is 30.5 Å². The highest BCUT2D eigenvalue weighted by atomic mass is 19.1. The lowest BCUT2D eigenvalue weighted by Gasteiger charge is -2.10. The molecule has 1 aliphatic rings. The van der Waals surface area contributed by atoms with E-state index in [4.69, 9.17) is 4.84 Å². The van der Waals surface area contributed by atoms with E-state index in [-0.39, 0.29) is 24.1 Å². The number of halogens is 2. The standard InChI is InChI=1S/C21H18F2N4O2/c22-16-5-1-13(2-6-16)9-18-10-19(29-27-18)21(28)24-11-15-12-25-26-20(15)14-3-7-17(23)8-4-14/h1-8,12,19H,9-11H2,(H,24,28)(H,25,26)/t19-/m1/s1. The van der Waals surface area contributed by atoms with E-state index in [0.717, 1.165) is 22.4 Å². The highest BCUT2D eigenvalue weighted by Crippen LogP contribution is 2.21. The molecule has 0 spiro atoms. The molecule has 0 unspecified atom stereocenters. The highest BCUT2D eigenvalue weighted by Gasteiger charge is 2.28. The number of oxime groups is 1. The molecule has 2 aromatic carbocycles. The Hall–Kier alpha value is -3.55. The van der Waals surface area contributed by atoms with E-state index in [1.54, 1.807) is 30.5 Å². The Labute approximate surface area is 165 Å². The van der Waals surface area contributed by atoms with Crippen molar-refractivity contribution in [1.29, 1.82) is 0 Å². The fourth-order valence-corrected chi connectivity index (χ4v) is 3.12. The monoisotopic (exact) mass is 396 g/mol. The second kappa shape index (κ2) is 8.22. The zero-order valence-corrected chi connectivity index (χ0v) is 15.4. The summed E-state index contributed by atoms with van der Waals surface area (Å²) in [6, 6.07) is 12.2. The van der Waals surface area contributed by atoms with E-state index in [1.165, 1.54) is 24.3 Å². The number of H-pyrrole nitrogens is 1. The Morgan fingerprint density at radius 1 is 1.10 bits per heavy atom. The molecule has 0 saturated heterocycles. The first-order valence-corrected chi connectivity index (χ1v) is 9.10. The Balaban J connectivity index is 1.32.